The van der Waals surface area contributed by atoms with E-state index < -0.39 is 10.8 Å². The van der Waals surface area contributed by atoms with Gasteiger partial charge in [0.2, 0.25) is 0 Å². The van der Waals surface area contributed by atoms with Crippen molar-refractivity contribution < 1.29 is 14.5 Å². The lowest BCUT2D eigenvalue weighted by molar-refractivity contribution is -0.384. The van der Waals surface area contributed by atoms with Gasteiger partial charge in [-0.05, 0) is 37.1 Å². The third kappa shape index (κ3) is 4.32. The van der Waals surface area contributed by atoms with Gasteiger partial charge in [0.25, 0.3) is 5.69 Å². The molecule has 3 rings (SSSR count). The van der Waals surface area contributed by atoms with Crippen molar-refractivity contribution in [2.45, 2.75) is 19.3 Å². The summed E-state index contributed by atoms with van der Waals surface area (Å²) in [7, 11) is 0. The Hall–Kier alpha value is -3.75. The van der Waals surface area contributed by atoms with Crippen LogP contribution >= 0.6 is 0 Å². The van der Waals surface area contributed by atoms with Crippen molar-refractivity contribution in [2.24, 2.45) is 0 Å². The third-order valence-electron chi connectivity index (χ3n) is 4.18. The van der Waals surface area contributed by atoms with E-state index >= 15 is 0 Å². The number of nitro benzene ring substituents is 1. The van der Waals surface area contributed by atoms with Crippen molar-refractivity contribution in [1.82, 2.24) is 14.5 Å². The van der Waals surface area contributed by atoms with Gasteiger partial charge in [-0.1, -0.05) is 6.07 Å². The number of carbonyl (C=O) groups is 1. The third-order valence-corrected chi connectivity index (χ3v) is 4.18. The highest BCUT2D eigenvalue weighted by Crippen LogP contribution is 2.23. The first kappa shape index (κ1) is 19.0. The molecule has 0 bridgehead atoms. The summed E-state index contributed by atoms with van der Waals surface area (Å²) in [5.74, 6) is -0.586. The Labute approximate surface area is 160 Å². The average Bonchev–Trinajstić information content (AvgIpc) is 3.17. The van der Waals surface area contributed by atoms with E-state index in [1.807, 2.05) is 6.07 Å². The minimum absolute atomic E-state index is 0.00402. The fourth-order valence-corrected chi connectivity index (χ4v) is 2.75. The van der Waals surface area contributed by atoms with Gasteiger partial charge in [-0.15, -0.1) is 0 Å². The van der Waals surface area contributed by atoms with Crippen LogP contribution in [-0.2, 0) is 16.0 Å². The number of benzene rings is 1. The molecule has 3 aromatic rings. The minimum Gasteiger partial charge on any atom is -0.465 e. The normalized spacial score (nSPS) is 11.8. The zero-order valence-electron chi connectivity index (χ0n) is 15.2. The molecule has 0 spiro atoms. The summed E-state index contributed by atoms with van der Waals surface area (Å²) in [5.41, 5.74) is 7.68. The number of anilines is 1. The molecule has 9 nitrogen and oxygen atoms in total. The Morgan fingerprint density at radius 1 is 1.25 bits per heavy atom. The molecule has 28 heavy (non-hydrogen) atoms. The molecule has 0 aliphatic heterocycles. The Bertz CT molecular complexity index is 967. The summed E-state index contributed by atoms with van der Waals surface area (Å²) in [6, 6.07) is 9.55. The van der Waals surface area contributed by atoms with Crippen molar-refractivity contribution in [1.29, 1.82) is 0 Å². The number of imidazole rings is 1. The molecule has 0 saturated heterocycles. The van der Waals surface area contributed by atoms with Gasteiger partial charge in [0.15, 0.2) is 0 Å². The highest BCUT2D eigenvalue weighted by atomic mass is 16.6. The van der Waals surface area contributed by atoms with Crippen molar-refractivity contribution >= 4 is 17.5 Å². The number of nitro groups is 1. The van der Waals surface area contributed by atoms with Gasteiger partial charge < -0.3 is 15.0 Å². The Balaban J connectivity index is 1.87. The molecule has 0 aliphatic carbocycles. The maximum atomic E-state index is 12.5. The Morgan fingerprint density at radius 3 is 2.61 bits per heavy atom. The number of ether oxygens (including phenoxy) is 1. The van der Waals surface area contributed by atoms with E-state index in [0.717, 1.165) is 5.56 Å². The lowest BCUT2D eigenvalue weighted by atomic mass is 9.97. The number of non-ortho nitro benzene ring substituents is 1. The monoisotopic (exact) mass is 381 g/mol. The zero-order chi connectivity index (χ0) is 20.1. The van der Waals surface area contributed by atoms with Crippen LogP contribution in [0.5, 0.6) is 0 Å². The van der Waals surface area contributed by atoms with E-state index in [9.17, 15) is 14.9 Å². The second-order valence-electron chi connectivity index (χ2n) is 6.08. The van der Waals surface area contributed by atoms with Crippen molar-refractivity contribution in [3.63, 3.8) is 0 Å². The van der Waals surface area contributed by atoms with Gasteiger partial charge in [0.05, 0.1) is 23.6 Å². The number of esters is 1. The van der Waals surface area contributed by atoms with Crippen LogP contribution in [0, 0.1) is 10.1 Å². The van der Waals surface area contributed by atoms with Crippen LogP contribution in [0.2, 0.25) is 0 Å². The van der Waals surface area contributed by atoms with Crippen LogP contribution in [0.4, 0.5) is 11.5 Å². The van der Waals surface area contributed by atoms with E-state index in [0.29, 0.717) is 23.6 Å². The molecule has 0 saturated carbocycles. The number of hydrogen-bond donors (Lipinski definition) is 1. The molecule has 1 aromatic carbocycles. The molecule has 2 N–H and O–H groups in total. The molecule has 0 radical (unpaired) electrons. The molecule has 0 aliphatic rings. The Morgan fingerprint density at radius 2 is 2.00 bits per heavy atom. The first-order valence-electron chi connectivity index (χ1n) is 8.63. The summed E-state index contributed by atoms with van der Waals surface area (Å²) in [5, 5.41) is 10.8. The van der Waals surface area contributed by atoms with E-state index in [2.05, 4.69) is 9.97 Å². The standard InChI is InChI=1S/C19H19N5O4/c1-2-28-19(25)16(9-13-3-8-18(20)21-10-13)17-11-23(12-22-17)14-4-6-15(7-5-14)24(26)27/h3-8,10-12,16H,2,9H2,1H3,(H2,20,21). The lowest BCUT2D eigenvalue weighted by Gasteiger charge is -2.13. The molecular weight excluding hydrogens is 362 g/mol. The SMILES string of the molecule is CCOC(=O)C(Cc1ccc(N)nc1)c1cn(-c2ccc([N+](=O)[O-])cc2)cn1. The predicted molar refractivity (Wildman–Crippen MR) is 102 cm³/mol. The number of aromatic nitrogens is 3. The smallest absolute Gasteiger partial charge is 0.315 e. The number of rotatable bonds is 7. The number of pyridine rings is 1. The van der Waals surface area contributed by atoms with E-state index in [1.54, 1.807) is 48.4 Å². The fraction of sp³-hybridized carbons (Fsp3) is 0.211. The van der Waals surface area contributed by atoms with Gasteiger partial charge >= 0.3 is 5.97 Å². The summed E-state index contributed by atoms with van der Waals surface area (Å²) in [6.07, 6.45) is 5.26. The predicted octanol–water partition coefficient (Wildman–Crippen LogP) is 2.65. The van der Waals surface area contributed by atoms with Crippen molar-refractivity contribution in [3.05, 3.63) is 76.5 Å². The summed E-state index contributed by atoms with van der Waals surface area (Å²) < 4.78 is 6.90. The first-order valence-corrected chi connectivity index (χ1v) is 8.63. The summed E-state index contributed by atoms with van der Waals surface area (Å²) in [6.45, 7) is 2.01. The number of nitrogen functional groups attached to an aromatic ring is 1. The number of nitrogens with zero attached hydrogens (tertiary/aromatic N) is 4. The van der Waals surface area contributed by atoms with Crippen LogP contribution < -0.4 is 5.73 Å². The summed E-state index contributed by atoms with van der Waals surface area (Å²) >= 11 is 0. The molecular formula is C19H19N5O4. The molecule has 9 heteroatoms. The maximum Gasteiger partial charge on any atom is 0.315 e. The van der Waals surface area contributed by atoms with Crippen LogP contribution in [0.3, 0.4) is 0 Å². The van der Waals surface area contributed by atoms with E-state index in [1.165, 1.54) is 12.1 Å². The molecule has 2 aromatic heterocycles. The first-order chi connectivity index (χ1) is 13.5. The Kier molecular flexibility index (Phi) is 5.64. The summed E-state index contributed by atoms with van der Waals surface area (Å²) in [4.78, 5) is 31.2. The molecule has 144 valence electrons. The van der Waals surface area contributed by atoms with Gasteiger partial charge in [0.1, 0.15) is 11.7 Å². The second-order valence-corrected chi connectivity index (χ2v) is 6.08. The molecule has 0 fully saturated rings. The van der Waals surface area contributed by atoms with Crippen LogP contribution in [-0.4, -0.2) is 32.0 Å². The number of nitrogens with two attached hydrogens (primary N) is 1. The largest absolute Gasteiger partial charge is 0.465 e. The lowest BCUT2D eigenvalue weighted by Crippen LogP contribution is -2.19. The van der Waals surface area contributed by atoms with Crippen molar-refractivity contribution in [3.8, 4) is 5.69 Å². The quantitative estimate of drug-likeness (QED) is 0.379. The average molecular weight is 381 g/mol. The topological polar surface area (TPSA) is 126 Å². The molecule has 1 unspecified atom stereocenters. The van der Waals surface area contributed by atoms with Gasteiger partial charge in [-0.25, -0.2) is 9.97 Å². The van der Waals surface area contributed by atoms with E-state index in [4.69, 9.17) is 10.5 Å². The van der Waals surface area contributed by atoms with Gasteiger partial charge in [-0.2, -0.15) is 0 Å². The van der Waals surface area contributed by atoms with E-state index in [-0.39, 0.29) is 18.3 Å². The number of hydrogen-bond acceptors (Lipinski definition) is 7. The minimum atomic E-state index is -0.607. The highest BCUT2D eigenvalue weighted by molar-refractivity contribution is 5.78. The maximum absolute atomic E-state index is 12.5. The van der Waals surface area contributed by atoms with Crippen LogP contribution in [0.1, 0.15) is 24.1 Å². The molecule has 2 heterocycles. The molecule has 0 amide bonds. The van der Waals surface area contributed by atoms with Crippen molar-refractivity contribution in [2.75, 3.05) is 12.3 Å². The number of carbonyl (C=O) groups excluding carboxylic acids is 1. The van der Waals surface area contributed by atoms with Crippen LogP contribution in [0.25, 0.3) is 5.69 Å². The fourth-order valence-electron chi connectivity index (χ4n) is 2.75. The molecule has 1 atom stereocenters. The zero-order valence-corrected chi connectivity index (χ0v) is 15.2. The van der Waals surface area contributed by atoms with Gasteiger partial charge in [-0.3, -0.25) is 14.9 Å². The van der Waals surface area contributed by atoms with Gasteiger partial charge in [0, 0.05) is 30.2 Å². The van der Waals surface area contributed by atoms with Crippen LogP contribution in [0.15, 0.2) is 55.1 Å². The highest BCUT2D eigenvalue weighted by Gasteiger charge is 2.25. The second kappa shape index (κ2) is 8.30.